The number of ketones is 1. The molecule has 22 heavy (non-hydrogen) atoms. The summed E-state index contributed by atoms with van der Waals surface area (Å²) in [5.41, 5.74) is 0.487. The zero-order valence-corrected chi connectivity index (χ0v) is 12.9. The Hall–Kier alpha value is -2.27. The van der Waals surface area contributed by atoms with Crippen molar-refractivity contribution in [2.45, 2.75) is 16.6 Å². The zero-order chi connectivity index (χ0) is 15.9. The molecule has 1 atom stereocenters. The van der Waals surface area contributed by atoms with Crippen molar-refractivity contribution in [2.24, 2.45) is 0 Å². The van der Waals surface area contributed by atoms with E-state index in [4.69, 9.17) is 4.74 Å². The van der Waals surface area contributed by atoms with E-state index in [1.54, 1.807) is 31.4 Å². The van der Waals surface area contributed by atoms with Gasteiger partial charge in [0.05, 0.1) is 7.11 Å². The van der Waals surface area contributed by atoms with Gasteiger partial charge in [0, 0.05) is 16.9 Å². The lowest BCUT2D eigenvalue weighted by Gasteiger charge is -2.11. The van der Waals surface area contributed by atoms with E-state index in [-0.39, 0.29) is 12.2 Å². The van der Waals surface area contributed by atoms with Crippen molar-refractivity contribution >= 4 is 23.5 Å². The molecule has 2 aromatic rings. The number of aliphatic carboxylic acids is 1. The SMILES string of the molecule is COc1ccc(C(=O)CC(Sc2ccccc2)C(=O)O)cc1. The largest absolute Gasteiger partial charge is 0.497 e. The Morgan fingerprint density at radius 3 is 2.27 bits per heavy atom. The van der Waals surface area contributed by atoms with E-state index in [1.165, 1.54) is 11.8 Å². The number of hydrogen-bond donors (Lipinski definition) is 1. The molecular weight excluding hydrogens is 300 g/mol. The molecule has 1 N–H and O–H groups in total. The van der Waals surface area contributed by atoms with E-state index in [0.29, 0.717) is 11.3 Å². The number of benzene rings is 2. The van der Waals surface area contributed by atoms with E-state index in [0.717, 1.165) is 4.90 Å². The van der Waals surface area contributed by atoms with Crippen LogP contribution in [0.3, 0.4) is 0 Å². The van der Waals surface area contributed by atoms with Crippen LogP contribution in [0.1, 0.15) is 16.8 Å². The first-order chi connectivity index (χ1) is 10.6. The second-order valence-electron chi connectivity index (χ2n) is 4.61. The van der Waals surface area contributed by atoms with Gasteiger partial charge in [0.2, 0.25) is 0 Å². The van der Waals surface area contributed by atoms with E-state index in [9.17, 15) is 14.7 Å². The van der Waals surface area contributed by atoms with Gasteiger partial charge in [-0.3, -0.25) is 9.59 Å². The van der Waals surface area contributed by atoms with Crippen molar-refractivity contribution in [2.75, 3.05) is 7.11 Å². The average molecular weight is 316 g/mol. The van der Waals surface area contributed by atoms with Gasteiger partial charge in [-0.15, -0.1) is 11.8 Å². The zero-order valence-electron chi connectivity index (χ0n) is 12.1. The second kappa shape index (κ2) is 7.66. The number of carbonyl (C=O) groups excluding carboxylic acids is 1. The van der Waals surface area contributed by atoms with Gasteiger partial charge in [0.15, 0.2) is 5.78 Å². The molecule has 0 bridgehead atoms. The molecule has 0 spiro atoms. The van der Waals surface area contributed by atoms with E-state index >= 15 is 0 Å². The third-order valence-electron chi connectivity index (χ3n) is 3.08. The Balaban J connectivity index is 2.06. The maximum Gasteiger partial charge on any atom is 0.317 e. The highest BCUT2D eigenvalue weighted by Gasteiger charge is 2.23. The van der Waals surface area contributed by atoms with Crippen LogP contribution in [0.15, 0.2) is 59.5 Å². The normalized spacial score (nSPS) is 11.7. The van der Waals surface area contributed by atoms with Crippen LogP contribution in [0.4, 0.5) is 0 Å². The molecule has 0 fully saturated rings. The molecule has 0 aromatic heterocycles. The predicted molar refractivity (Wildman–Crippen MR) is 85.7 cm³/mol. The fraction of sp³-hybridized carbons (Fsp3) is 0.176. The molecule has 1 unspecified atom stereocenters. The van der Waals surface area contributed by atoms with Crippen molar-refractivity contribution in [1.29, 1.82) is 0 Å². The number of ether oxygens (including phenoxy) is 1. The molecule has 0 radical (unpaired) electrons. The first-order valence-corrected chi connectivity index (χ1v) is 7.60. The van der Waals surface area contributed by atoms with E-state index in [2.05, 4.69) is 0 Å². The van der Waals surface area contributed by atoms with Crippen molar-refractivity contribution in [3.05, 3.63) is 60.2 Å². The van der Waals surface area contributed by atoms with Crippen molar-refractivity contribution in [1.82, 2.24) is 0 Å². The molecule has 5 heteroatoms. The highest BCUT2D eigenvalue weighted by Crippen LogP contribution is 2.26. The van der Waals surface area contributed by atoms with Gasteiger partial charge in [0.25, 0.3) is 0 Å². The standard InChI is InChI=1S/C17H16O4S/c1-21-13-9-7-12(8-10-13)15(18)11-16(17(19)20)22-14-5-3-2-4-6-14/h2-10,16H,11H2,1H3,(H,19,20). The maximum absolute atomic E-state index is 12.2. The lowest BCUT2D eigenvalue weighted by Crippen LogP contribution is -2.20. The highest BCUT2D eigenvalue weighted by atomic mass is 32.2. The van der Waals surface area contributed by atoms with Crippen molar-refractivity contribution in [3.63, 3.8) is 0 Å². The minimum Gasteiger partial charge on any atom is -0.497 e. The highest BCUT2D eigenvalue weighted by molar-refractivity contribution is 8.00. The molecule has 0 saturated heterocycles. The number of carboxylic acid groups (broad SMARTS) is 1. The average Bonchev–Trinajstić information content (AvgIpc) is 2.55. The molecular formula is C17H16O4S. The molecule has 0 saturated carbocycles. The molecule has 0 amide bonds. The minimum absolute atomic E-state index is 0.0543. The summed E-state index contributed by atoms with van der Waals surface area (Å²) in [5, 5.41) is 8.51. The third kappa shape index (κ3) is 4.36. The van der Waals surface area contributed by atoms with Gasteiger partial charge in [-0.1, -0.05) is 18.2 Å². The predicted octanol–water partition coefficient (Wildman–Crippen LogP) is 3.51. The van der Waals surface area contributed by atoms with Crippen LogP contribution in [0.25, 0.3) is 0 Å². The van der Waals surface area contributed by atoms with Gasteiger partial charge in [-0.2, -0.15) is 0 Å². The molecule has 114 valence electrons. The van der Waals surface area contributed by atoms with Crippen LogP contribution in [0.5, 0.6) is 5.75 Å². The van der Waals surface area contributed by atoms with Crippen molar-refractivity contribution < 1.29 is 19.4 Å². The van der Waals surface area contributed by atoms with Crippen LogP contribution >= 0.6 is 11.8 Å². The number of carbonyl (C=O) groups is 2. The fourth-order valence-electron chi connectivity index (χ4n) is 1.91. The molecule has 0 aliphatic heterocycles. The number of thioether (sulfide) groups is 1. The lowest BCUT2D eigenvalue weighted by molar-refractivity contribution is -0.136. The molecule has 2 rings (SSSR count). The summed E-state index contributed by atoms with van der Waals surface area (Å²) >= 11 is 1.18. The van der Waals surface area contributed by atoms with Crippen LogP contribution in [0.2, 0.25) is 0 Å². The minimum atomic E-state index is -0.990. The van der Waals surface area contributed by atoms with Gasteiger partial charge in [-0.25, -0.2) is 0 Å². The Kier molecular flexibility index (Phi) is 5.61. The fourth-order valence-corrected chi connectivity index (χ4v) is 2.88. The molecule has 0 aliphatic carbocycles. The monoisotopic (exact) mass is 316 g/mol. The molecule has 0 aliphatic rings. The number of carboxylic acids is 1. The summed E-state index contributed by atoms with van der Waals surface area (Å²) in [6.07, 6.45) is -0.0543. The summed E-state index contributed by atoms with van der Waals surface area (Å²) in [4.78, 5) is 24.4. The smallest absolute Gasteiger partial charge is 0.317 e. The number of methoxy groups -OCH3 is 1. The number of rotatable bonds is 7. The molecule has 4 nitrogen and oxygen atoms in total. The Morgan fingerprint density at radius 2 is 1.73 bits per heavy atom. The summed E-state index contributed by atoms with van der Waals surface area (Å²) in [6.45, 7) is 0. The maximum atomic E-state index is 12.2. The van der Waals surface area contributed by atoms with Crippen LogP contribution in [-0.4, -0.2) is 29.2 Å². The van der Waals surface area contributed by atoms with Crippen LogP contribution in [-0.2, 0) is 4.79 Å². The summed E-state index contributed by atoms with van der Waals surface area (Å²) < 4.78 is 5.04. The Labute approximate surface area is 133 Å². The summed E-state index contributed by atoms with van der Waals surface area (Å²) in [7, 11) is 1.55. The molecule has 2 aromatic carbocycles. The first kappa shape index (κ1) is 16.1. The Bertz CT molecular complexity index is 637. The third-order valence-corrected chi connectivity index (χ3v) is 4.28. The lowest BCUT2D eigenvalue weighted by atomic mass is 10.1. The second-order valence-corrected chi connectivity index (χ2v) is 5.89. The first-order valence-electron chi connectivity index (χ1n) is 6.72. The summed E-state index contributed by atoms with van der Waals surface area (Å²) in [5.74, 6) is -0.529. The topological polar surface area (TPSA) is 63.6 Å². The van der Waals surface area contributed by atoms with Gasteiger partial charge >= 0.3 is 5.97 Å². The van der Waals surface area contributed by atoms with E-state index in [1.807, 2.05) is 30.3 Å². The van der Waals surface area contributed by atoms with Crippen LogP contribution in [0, 0.1) is 0 Å². The number of Topliss-reactive ketones (excluding diaryl/α,β-unsaturated/α-hetero) is 1. The molecule has 0 heterocycles. The van der Waals surface area contributed by atoms with Gasteiger partial charge in [-0.05, 0) is 36.4 Å². The summed E-state index contributed by atoms with van der Waals surface area (Å²) in [6, 6.07) is 15.9. The Morgan fingerprint density at radius 1 is 1.09 bits per heavy atom. The quantitative estimate of drug-likeness (QED) is 0.625. The van der Waals surface area contributed by atoms with Crippen molar-refractivity contribution in [3.8, 4) is 5.75 Å². The van der Waals surface area contributed by atoms with Gasteiger partial charge in [0.1, 0.15) is 11.0 Å². The van der Waals surface area contributed by atoms with Crippen LogP contribution < -0.4 is 4.74 Å². The van der Waals surface area contributed by atoms with E-state index < -0.39 is 11.2 Å². The van der Waals surface area contributed by atoms with Gasteiger partial charge < -0.3 is 9.84 Å². The number of hydrogen-bond acceptors (Lipinski definition) is 4.